The SMILES string of the molecule is CCN(C(=O)CCNC1CC1)C1CCS(=O)(=O)C1. The van der Waals surface area contributed by atoms with Crippen LogP contribution in [0.25, 0.3) is 0 Å². The van der Waals surface area contributed by atoms with Gasteiger partial charge in [-0.15, -0.1) is 0 Å². The van der Waals surface area contributed by atoms with E-state index in [1.54, 1.807) is 4.90 Å². The summed E-state index contributed by atoms with van der Waals surface area (Å²) in [4.78, 5) is 13.8. The first-order chi connectivity index (χ1) is 8.52. The molecule has 1 saturated heterocycles. The molecule has 1 atom stereocenters. The van der Waals surface area contributed by atoms with Crippen LogP contribution in [-0.2, 0) is 14.6 Å². The minimum absolute atomic E-state index is 0.0766. The molecule has 1 N–H and O–H groups in total. The molecule has 0 aromatic rings. The molecular weight excluding hydrogens is 252 g/mol. The summed E-state index contributed by atoms with van der Waals surface area (Å²) in [5.41, 5.74) is 0. The van der Waals surface area contributed by atoms with Crippen molar-refractivity contribution in [1.29, 1.82) is 0 Å². The van der Waals surface area contributed by atoms with E-state index in [9.17, 15) is 13.2 Å². The van der Waals surface area contributed by atoms with Crippen LogP contribution in [0.4, 0.5) is 0 Å². The zero-order valence-electron chi connectivity index (χ0n) is 10.9. The summed E-state index contributed by atoms with van der Waals surface area (Å²) >= 11 is 0. The first-order valence-electron chi connectivity index (χ1n) is 6.75. The monoisotopic (exact) mass is 274 g/mol. The van der Waals surface area contributed by atoms with Crippen molar-refractivity contribution in [2.75, 3.05) is 24.6 Å². The van der Waals surface area contributed by atoms with Crippen LogP contribution in [0, 0.1) is 0 Å². The van der Waals surface area contributed by atoms with Gasteiger partial charge in [0.1, 0.15) is 0 Å². The summed E-state index contributed by atoms with van der Waals surface area (Å²) in [6.45, 7) is 3.22. The van der Waals surface area contributed by atoms with Crippen LogP contribution in [0.2, 0.25) is 0 Å². The molecule has 0 spiro atoms. The van der Waals surface area contributed by atoms with Crippen molar-refractivity contribution in [2.24, 2.45) is 0 Å². The fourth-order valence-electron chi connectivity index (χ4n) is 2.47. The van der Waals surface area contributed by atoms with Crippen molar-refractivity contribution in [3.05, 3.63) is 0 Å². The standard InChI is InChI=1S/C12H22N2O3S/c1-2-14(11-6-8-18(16,17)9-11)12(15)5-7-13-10-3-4-10/h10-11,13H,2-9H2,1H3. The molecule has 1 unspecified atom stereocenters. The van der Waals surface area contributed by atoms with Gasteiger partial charge in [0, 0.05) is 31.6 Å². The predicted octanol–water partition coefficient (Wildman–Crippen LogP) is 0.164. The second kappa shape index (κ2) is 5.57. The van der Waals surface area contributed by atoms with Crippen molar-refractivity contribution < 1.29 is 13.2 Å². The molecule has 1 amide bonds. The lowest BCUT2D eigenvalue weighted by Crippen LogP contribution is -2.42. The smallest absolute Gasteiger partial charge is 0.224 e. The van der Waals surface area contributed by atoms with Gasteiger partial charge in [0.15, 0.2) is 9.84 Å². The van der Waals surface area contributed by atoms with Gasteiger partial charge in [0.25, 0.3) is 0 Å². The Hall–Kier alpha value is -0.620. The van der Waals surface area contributed by atoms with Crippen LogP contribution in [-0.4, -0.2) is 55.9 Å². The molecule has 0 bridgehead atoms. The topological polar surface area (TPSA) is 66.5 Å². The Labute approximate surface area is 109 Å². The molecule has 104 valence electrons. The maximum Gasteiger partial charge on any atom is 0.224 e. The highest BCUT2D eigenvalue weighted by molar-refractivity contribution is 7.91. The first-order valence-corrected chi connectivity index (χ1v) is 8.57. The van der Waals surface area contributed by atoms with Gasteiger partial charge in [-0.3, -0.25) is 4.79 Å². The highest BCUT2D eigenvalue weighted by Gasteiger charge is 2.33. The highest BCUT2D eigenvalue weighted by atomic mass is 32.2. The number of carbonyl (C=O) groups excluding carboxylic acids is 1. The molecule has 1 aliphatic heterocycles. The molecule has 5 nitrogen and oxygen atoms in total. The van der Waals surface area contributed by atoms with Crippen LogP contribution in [0.1, 0.15) is 32.6 Å². The number of hydrogen-bond donors (Lipinski definition) is 1. The van der Waals surface area contributed by atoms with Crippen molar-refractivity contribution in [3.63, 3.8) is 0 Å². The number of rotatable bonds is 6. The molecular formula is C12H22N2O3S. The van der Waals surface area contributed by atoms with Crippen molar-refractivity contribution in [1.82, 2.24) is 10.2 Å². The van der Waals surface area contributed by atoms with Crippen LogP contribution in [0.5, 0.6) is 0 Å². The van der Waals surface area contributed by atoms with Gasteiger partial charge >= 0.3 is 0 Å². The van der Waals surface area contributed by atoms with Crippen LogP contribution in [0.3, 0.4) is 0 Å². The van der Waals surface area contributed by atoms with E-state index in [-0.39, 0.29) is 23.5 Å². The van der Waals surface area contributed by atoms with E-state index < -0.39 is 9.84 Å². The van der Waals surface area contributed by atoms with E-state index in [0.29, 0.717) is 32.0 Å². The normalized spacial score (nSPS) is 26.2. The molecule has 0 aromatic heterocycles. The third-order valence-electron chi connectivity index (χ3n) is 3.66. The zero-order valence-corrected chi connectivity index (χ0v) is 11.7. The Bertz CT molecular complexity index is 404. The van der Waals surface area contributed by atoms with E-state index in [1.807, 2.05) is 6.92 Å². The third-order valence-corrected chi connectivity index (χ3v) is 5.41. The minimum atomic E-state index is -2.92. The van der Waals surface area contributed by atoms with Gasteiger partial charge in [-0.25, -0.2) is 8.42 Å². The Morgan fingerprint density at radius 3 is 2.56 bits per heavy atom. The lowest BCUT2D eigenvalue weighted by Gasteiger charge is -2.27. The lowest BCUT2D eigenvalue weighted by atomic mass is 10.2. The molecule has 1 heterocycles. The predicted molar refractivity (Wildman–Crippen MR) is 70.1 cm³/mol. The van der Waals surface area contributed by atoms with Crippen molar-refractivity contribution >= 4 is 15.7 Å². The second-order valence-corrected chi connectivity index (χ2v) is 7.44. The maximum absolute atomic E-state index is 12.1. The van der Waals surface area contributed by atoms with Crippen LogP contribution in [0.15, 0.2) is 0 Å². The Morgan fingerprint density at radius 2 is 2.06 bits per heavy atom. The summed E-state index contributed by atoms with van der Waals surface area (Å²) in [6, 6.07) is 0.508. The fraction of sp³-hybridized carbons (Fsp3) is 0.917. The Morgan fingerprint density at radius 1 is 1.33 bits per heavy atom. The zero-order chi connectivity index (χ0) is 13.2. The number of nitrogens with one attached hydrogen (secondary N) is 1. The Balaban J connectivity index is 1.81. The van der Waals surface area contributed by atoms with Gasteiger partial charge in [0.05, 0.1) is 11.5 Å². The van der Waals surface area contributed by atoms with E-state index in [2.05, 4.69) is 5.32 Å². The summed E-state index contributed by atoms with van der Waals surface area (Å²) in [6.07, 6.45) is 3.50. The van der Waals surface area contributed by atoms with Gasteiger partial charge in [-0.2, -0.15) is 0 Å². The molecule has 0 radical (unpaired) electrons. The number of hydrogen-bond acceptors (Lipinski definition) is 4. The molecule has 0 aromatic carbocycles. The average molecular weight is 274 g/mol. The maximum atomic E-state index is 12.1. The highest BCUT2D eigenvalue weighted by Crippen LogP contribution is 2.20. The summed E-state index contributed by atoms with van der Waals surface area (Å²) in [5, 5.41) is 3.31. The van der Waals surface area contributed by atoms with Crippen molar-refractivity contribution in [2.45, 2.75) is 44.7 Å². The number of sulfone groups is 1. The molecule has 1 aliphatic carbocycles. The number of nitrogens with zero attached hydrogens (tertiary/aromatic N) is 1. The van der Waals surface area contributed by atoms with Crippen molar-refractivity contribution in [3.8, 4) is 0 Å². The molecule has 2 fully saturated rings. The molecule has 2 aliphatic rings. The van der Waals surface area contributed by atoms with E-state index in [0.717, 1.165) is 0 Å². The van der Waals surface area contributed by atoms with E-state index in [1.165, 1.54) is 12.8 Å². The largest absolute Gasteiger partial charge is 0.339 e. The molecule has 18 heavy (non-hydrogen) atoms. The summed E-state index contributed by atoms with van der Waals surface area (Å²) in [7, 11) is -2.92. The summed E-state index contributed by atoms with van der Waals surface area (Å²) < 4.78 is 22.9. The molecule has 1 saturated carbocycles. The lowest BCUT2D eigenvalue weighted by molar-refractivity contribution is -0.132. The number of carbonyl (C=O) groups is 1. The quantitative estimate of drug-likeness (QED) is 0.749. The van der Waals surface area contributed by atoms with Gasteiger partial charge in [-0.1, -0.05) is 0 Å². The van der Waals surface area contributed by atoms with Gasteiger partial charge < -0.3 is 10.2 Å². The first kappa shape index (κ1) is 13.8. The van der Waals surface area contributed by atoms with Crippen LogP contribution >= 0.6 is 0 Å². The minimum Gasteiger partial charge on any atom is -0.339 e. The fourth-order valence-corrected chi connectivity index (χ4v) is 4.20. The number of amides is 1. The second-order valence-electron chi connectivity index (χ2n) is 5.22. The summed E-state index contributed by atoms with van der Waals surface area (Å²) in [5.74, 6) is 0.442. The van der Waals surface area contributed by atoms with E-state index in [4.69, 9.17) is 0 Å². The van der Waals surface area contributed by atoms with Gasteiger partial charge in [0.2, 0.25) is 5.91 Å². The average Bonchev–Trinajstić information content (AvgIpc) is 3.04. The molecule has 2 rings (SSSR count). The van der Waals surface area contributed by atoms with E-state index >= 15 is 0 Å². The molecule has 6 heteroatoms. The van der Waals surface area contributed by atoms with Crippen LogP contribution < -0.4 is 5.32 Å². The Kier molecular flexibility index (Phi) is 4.27. The third kappa shape index (κ3) is 3.68. The van der Waals surface area contributed by atoms with Gasteiger partial charge in [-0.05, 0) is 26.2 Å².